The molecule has 0 spiro atoms. The van der Waals surface area contributed by atoms with Crippen molar-refractivity contribution in [2.75, 3.05) is 0 Å². The lowest BCUT2D eigenvalue weighted by atomic mass is 9.97. The van der Waals surface area contributed by atoms with Crippen LogP contribution in [0.3, 0.4) is 0 Å². The number of nitrogens with one attached hydrogen (secondary N) is 1. The molecule has 1 heteroatoms. The van der Waals surface area contributed by atoms with Gasteiger partial charge in [-0.1, -0.05) is 54.6 Å². The molecule has 0 bridgehead atoms. The van der Waals surface area contributed by atoms with E-state index < -0.39 is 0 Å². The van der Waals surface area contributed by atoms with Gasteiger partial charge in [0, 0.05) is 0 Å². The summed E-state index contributed by atoms with van der Waals surface area (Å²) in [4.78, 5) is 0. The van der Waals surface area contributed by atoms with Crippen LogP contribution in [0.15, 0.2) is 54.6 Å². The van der Waals surface area contributed by atoms with Crippen LogP contribution in [0, 0.1) is 5.41 Å². The normalized spacial score (nSPS) is 10.0. The van der Waals surface area contributed by atoms with E-state index in [1.165, 1.54) is 22.9 Å². The number of aryl methyl sites for hydroxylation is 1. The zero-order chi connectivity index (χ0) is 11.2. The molecule has 1 N–H and O–H groups in total. The SMILES string of the molecule is N=CCCc1ccccc1-c1ccccc1. The number of rotatable bonds is 4. The van der Waals surface area contributed by atoms with Crippen LogP contribution in [0.5, 0.6) is 0 Å². The predicted molar refractivity (Wildman–Crippen MR) is 69.0 cm³/mol. The van der Waals surface area contributed by atoms with Crippen molar-refractivity contribution in [3.05, 3.63) is 60.2 Å². The van der Waals surface area contributed by atoms with Gasteiger partial charge in [0.2, 0.25) is 0 Å². The lowest BCUT2D eigenvalue weighted by Crippen LogP contribution is -1.90. The van der Waals surface area contributed by atoms with Crippen molar-refractivity contribution in [2.45, 2.75) is 12.8 Å². The van der Waals surface area contributed by atoms with Crippen LogP contribution in [0.1, 0.15) is 12.0 Å². The van der Waals surface area contributed by atoms with Crippen molar-refractivity contribution in [3.8, 4) is 11.1 Å². The van der Waals surface area contributed by atoms with Gasteiger partial charge in [-0.25, -0.2) is 0 Å². The molecule has 2 aromatic rings. The molecule has 0 aliphatic heterocycles. The van der Waals surface area contributed by atoms with E-state index in [4.69, 9.17) is 5.41 Å². The molecule has 0 saturated carbocycles. The van der Waals surface area contributed by atoms with Crippen molar-refractivity contribution >= 4 is 6.21 Å². The fraction of sp³-hybridized carbons (Fsp3) is 0.133. The average molecular weight is 209 g/mol. The molecule has 2 aromatic carbocycles. The van der Waals surface area contributed by atoms with E-state index in [0.717, 1.165) is 12.8 Å². The molecule has 0 amide bonds. The Bertz CT molecular complexity index is 460. The monoisotopic (exact) mass is 209 g/mol. The number of hydrogen-bond acceptors (Lipinski definition) is 1. The van der Waals surface area contributed by atoms with Crippen LogP contribution in [-0.2, 0) is 6.42 Å². The molecule has 1 nitrogen and oxygen atoms in total. The summed E-state index contributed by atoms with van der Waals surface area (Å²) in [6, 6.07) is 18.8. The second-order valence-electron chi connectivity index (χ2n) is 3.77. The highest BCUT2D eigenvalue weighted by molar-refractivity contribution is 5.68. The van der Waals surface area contributed by atoms with Gasteiger partial charge in [0.25, 0.3) is 0 Å². The molecule has 0 saturated heterocycles. The Morgan fingerprint density at radius 2 is 1.56 bits per heavy atom. The standard InChI is InChI=1S/C15H15N/c16-12-6-10-14-9-4-5-11-15(14)13-7-2-1-3-8-13/h1-5,7-9,11-12,16H,6,10H2. The van der Waals surface area contributed by atoms with E-state index in [1.807, 2.05) is 6.07 Å². The maximum Gasteiger partial charge on any atom is -0.00444 e. The van der Waals surface area contributed by atoms with Crippen LogP contribution in [0.4, 0.5) is 0 Å². The van der Waals surface area contributed by atoms with Crippen LogP contribution in [0.25, 0.3) is 11.1 Å². The minimum Gasteiger partial charge on any atom is -0.313 e. The summed E-state index contributed by atoms with van der Waals surface area (Å²) in [5.41, 5.74) is 3.85. The Morgan fingerprint density at radius 1 is 0.875 bits per heavy atom. The minimum atomic E-state index is 0.809. The van der Waals surface area contributed by atoms with E-state index in [2.05, 4.69) is 48.5 Å². The van der Waals surface area contributed by atoms with Gasteiger partial charge in [-0.2, -0.15) is 0 Å². The summed E-state index contributed by atoms with van der Waals surface area (Å²) in [6.45, 7) is 0. The van der Waals surface area contributed by atoms with Gasteiger partial charge in [0.05, 0.1) is 0 Å². The Morgan fingerprint density at radius 3 is 2.31 bits per heavy atom. The third-order valence-electron chi connectivity index (χ3n) is 2.66. The minimum absolute atomic E-state index is 0.809. The first-order chi connectivity index (χ1) is 7.92. The lowest BCUT2D eigenvalue weighted by Gasteiger charge is -2.08. The van der Waals surface area contributed by atoms with Crippen molar-refractivity contribution < 1.29 is 0 Å². The molecule has 0 unspecified atom stereocenters. The maximum atomic E-state index is 7.10. The fourth-order valence-electron chi connectivity index (χ4n) is 1.87. The smallest absolute Gasteiger partial charge is 0.00444 e. The zero-order valence-electron chi connectivity index (χ0n) is 9.19. The maximum absolute atomic E-state index is 7.10. The zero-order valence-corrected chi connectivity index (χ0v) is 9.19. The highest BCUT2D eigenvalue weighted by Crippen LogP contribution is 2.23. The van der Waals surface area contributed by atoms with Crippen LogP contribution < -0.4 is 0 Å². The fourth-order valence-corrected chi connectivity index (χ4v) is 1.87. The summed E-state index contributed by atoms with van der Waals surface area (Å²) < 4.78 is 0. The van der Waals surface area contributed by atoms with Gasteiger partial charge < -0.3 is 5.41 Å². The van der Waals surface area contributed by atoms with Gasteiger partial charge >= 0.3 is 0 Å². The summed E-state index contributed by atoms with van der Waals surface area (Å²) in [5.74, 6) is 0. The summed E-state index contributed by atoms with van der Waals surface area (Å²) in [5, 5.41) is 7.10. The molecule has 0 fully saturated rings. The molecule has 0 aromatic heterocycles. The summed E-state index contributed by atoms with van der Waals surface area (Å²) in [7, 11) is 0. The molecule has 0 radical (unpaired) electrons. The summed E-state index contributed by atoms with van der Waals surface area (Å²) >= 11 is 0. The second kappa shape index (κ2) is 5.26. The van der Waals surface area contributed by atoms with E-state index >= 15 is 0 Å². The van der Waals surface area contributed by atoms with E-state index in [0.29, 0.717) is 0 Å². The van der Waals surface area contributed by atoms with Gasteiger partial charge in [0.1, 0.15) is 0 Å². The first kappa shape index (κ1) is 10.6. The molecule has 0 aliphatic rings. The van der Waals surface area contributed by atoms with E-state index in [9.17, 15) is 0 Å². The van der Waals surface area contributed by atoms with Crippen LogP contribution in [-0.4, -0.2) is 6.21 Å². The molecule has 80 valence electrons. The number of benzene rings is 2. The largest absolute Gasteiger partial charge is 0.313 e. The van der Waals surface area contributed by atoms with Crippen molar-refractivity contribution in [3.63, 3.8) is 0 Å². The Labute approximate surface area is 96.3 Å². The molecule has 0 atom stereocenters. The van der Waals surface area contributed by atoms with Crippen LogP contribution >= 0.6 is 0 Å². The predicted octanol–water partition coefficient (Wildman–Crippen LogP) is 3.94. The highest BCUT2D eigenvalue weighted by atomic mass is 14.3. The van der Waals surface area contributed by atoms with Gasteiger partial charge in [-0.3, -0.25) is 0 Å². The summed E-state index contributed by atoms with van der Waals surface area (Å²) in [6.07, 6.45) is 3.22. The Hall–Kier alpha value is -1.89. The van der Waals surface area contributed by atoms with Gasteiger partial charge in [-0.05, 0) is 35.7 Å². The topological polar surface area (TPSA) is 23.9 Å². The van der Waals surface area contributed by atoms with Gasteiger partial charge in [0.15, 0.2) is 0 Å². The Balaban J connectivity index is 2.36. The molecule has 0 aliphatic carbocycles. The quantitative estimate of drug-likeness (QED) is 0.737. The first-order valence-electron chi connectivity index (χ1n) is 5.54. The second-order valence-corrected chi connectivity index (χ2v) is 3.77. The molecule has 2 rings (SSSR count). The molecular weight excluding hydrogens is 194 g/mol. The van der Waals surface area contributed by atoms with Crippen molar-refractivity contribution in [2.24, 2.45) is 0 Å². The molecule has 16 heavy (non-hydrogen) atoms. The van der Waals surface area contributed by atoms with Crippen LogP contribution in [0.2, 0.25) is 0 Å². The van der Waals surface area contributed by atoms with Gasteiger partial charge in [-0.15, -0.1) is 0 Å². The first-order valence-corrected chi connectivity index (χ1v) is 5.54. The lowest BCUT2D eigenvalue weighted by molar-refractivity contribution is 1.05. The van der Waals surface area contributed by atoms with E-state index in [-0.39, 0.29) is 0 Å². The Kier molecular flexibility index (Phi) is 3.50. The van der Waals surface area contributed by atoms with E-state index in [1.54, 1.807) is 0 Å². The number of hydrogen-bond donors (Lipinski definition) is 1. The molecule has 0 heterocycles. The highest BCUT2D eigenvalue weighted by Gasteiger charge is 2.02. The third-order valence-corrected chi connectivity index (χ3v) is 2.66. The van der Waals surface area contributed by atoms with Crippen molar-refractivity contribution in [1.82, 2.24) is 0 Å². The average Bonchev–Trinajstić information content (AvgIpc) is 2.38. The third kappa shape index (κ3) is 2.37. The molecular formula is C15H15N. The van der Waals surface area contributed by atoms with Crippen molar-refractivity contribution in [1.29, 1.82) is 5.41 Å².